The minimum atomic E-state index is 0.0758. The van der Waals surface area contributed by atoms with Gasteiger partial charge in [-0.1, -0.05) is 20.3 Å². The summed E-state index contributed by atoms with van der Waals surface area (Å²) in [6.45, 7) is 6.37. The first-order valence-electron chi connectivity index (χ1n) is 6.61. The Hall–Kier alpha value is -0.870. The maximum absolute atomic E-state index is 9.36. The highest BCUT2D eigenvalue weighted by Crippen LogP contribution is 2.23. The third kappa shape index (κ3) is 3.07. The molecule has 0 bridgehead atoms. The second-order valence-electron chi connectivity index (χ2n) is 5.30. The van der Waals surface area contributed by atoms with Gasteiger partial charge in [-0.3, -0.25) is 4.68 Å². The summed E-state index contributed by atoms with van der Waals surface area (Å²) < 4.78 is 1.95. The summed E-state index contributed by atoms with van der Waals surface area (Å²) in [5, 5.41) is 17.5. The van der Waals surface area contributed by atoms with Gasteiger partial charge in [0.2, 0.25) is 0 Å². The Kier molecular flexibility index (Phi) is 4.18. The number of aliphatic hydroxyl groups is 1. The first kappa shape index (κ1) is 12.6. The Morgan fingerprint density at radius 3 is 2.94 bits per heavy atom. The zero-order valence-corrected chi connectivity index (χ0v) is 10.8. The molecular formula is C13H23N3O. The number of aromatic nitrogens is 2. The molecule has 17 heavy (non-hydrogen) atoms. The van der Waals surface area contributed by atoms with Gasteiger partial charge < -0.3 is 10.4 Å². The monoisotopic (exact) mass is 237 g/mol. The van der Waals surface area contributed by atoms with Crippen molar-refractivity contribution in [3.8, 4) is 0 Å². The maximum Gasteiger partial charge on any atom is 0.0849 e. The highest BCUT2D eigenvalue weighted by Gasteiger charge is 2.19. The first-order valence-corrected chi connectivity index (χ1v) is 6.61. The van der Waals surface area contributed by atoms with Crippen LogP contribution in [0.3, 0.4) is 0 Å². The van der Waals surface area contributed by atoms with Crippen LogP contribution < -0.4 is 5.32 Å². The SMILES string of the molecule is CC(C)Cn1nc(C2CCCCN2)cc1CO. The molecule has 4 nitrogen and oxygen atoms in total. The Labute approximate surface area is 103 Å². The lowest BCUT2D eigenvalue weighted by Gasteiger charge is -2.21. The van der Waals surface area contributed by atoms with Gasteiger partial charge in [0.1, 0.15) is 0 Å². The van der Waals surface area contributed by atoms with Crippen LogP contribution in [0.4, 0.5) is 0 Å². The lowest BCUT2D eigenvalue weighted by molar-refractivity contribution is 0.264. The topological polar surface area (TPSA) is 50.1 Å². The standard InChI is InChI=1S/C13H23N3O/c1-10(2)8-16-11(9-17)7-13(15-16)12-5-3-4-6-14-12/h7,10,12,14,17H,3-6,8-9H2,1-2H3. The fourth-order valence-electron chi connectivity index (χ4n) is 2.38. The largest absolute Gasteiger partial charge is 0.390 e. The number of piperidine rings is 1. The summed E-state index contributed by atoms with van der Waals surface area (Å²) in [6.07, 6.45) is 3.68. The summed E-state index contributed by atoms with van der Waals surface area (Å²) >= 11 is 0. The van der Waals surface area contributed by atoms with Gasteiger partial charge >= 0.3 is 0 Å². The van der Waals surface area contributed by atoms with E-state index in [4.69, 9.17) is 0 Å². The molecule has 0 spiro atoms. The van der Waals surface area contributed by atoms with E-state index < -0.39 is 0 Å². The molecule has 4 heteroatoms. The number of aliphatic hydroxyl groups excluding tert-OH is 1. The predicted octanol–water partition coefficient (Wildman–Crippen LogP) is 1.85. The van der Waals surface area contributed by atoms with E-state index in [2.05, 4.69) is 24.3 Å². The number of nitrogens with one attached hydrogen (secondary N) is 1. The predicted molar refractivity (Wildman–Crippen MR) is 67.6 cm³/mol. The molecule has 1 aliphatic heterocycles. The van der Waals surface area contributed by atoms with Crippen molar-refractivity contribution in [3.63, 3.8) is 0 Å². The van der Waals surface area contributed by atoms with Gasteiger partial charge in [-0.05, 0) is 31.4 Å². The van der Waals surface area contributed by atoms with Crippen molar-refractivity contribution < 1.29 is 5.11 Å². The second-order valence-corrected chi connectivity index (χ2v) is 5.30. The average molecular weight is 237 g/mol. The van der Waals surface area contributed by atoms with E-state index in [0.717, 1.165) is 30.9 Å². The van der Waals surface area contributed by atoms with Crippen LogP contribution >= 0.6 is 0 Å². The summed E-state index contributed by atoms with van der Waals surface area (Å²) in [7, 11) is 0. The van der Waals surface area contributed by atoms with Crippen LogP contribution in [0.15, 0.2) is 6.07 Å². The lowest BCUT2D eigenvalue weighted by Crippen LogP contribution is -2.27. The van der Waals surface area contributed by atoms with E-state index in [1.54, 1.807) is 0 Å². The van der Waals surface area contributed by atoms with Crippen molar-refractivity contribution in [3.05, 3.63) is 17.5 Å². The van der Waals surface area contributed by atoms with Crippen LogP contribution in [-0.4, -0.2) is 21.4 Å². The van der Waals surface area contributed by atoms with Crippen LogP contribution in [0, 0.1) is 5.92 Å². The molecule has 1 aromatic rings. The fraction of sp³-hybridized carbons (Fsp3) is 0.769. The minimum absolute atomic E-state index is 0.0758. The van der Waals surface area contributed by atoms with Crippen molar-refractivity contribution in [2.24, 2.45) is 5.92 Å². The van der Waals surface area contributed by atoms with E-state index in [1.807, 2.05) is 10.7 Å². The fourth-order valence-corrected chi connectivity index (χ4v) is 2.38. The average Bonchev–Trinajstić information content (AvgIpc) is 2.72. The molecule has 0 aliphatic carbocycles. The van der Waals surface area contributed by atoms with Crippen LogP contribution in [0.1, 0.15) is 50.5 Å². The Morgan fingerprint density at radius 1 is 1.53 bits per heavy atom. The molecule has 2 rings (SSSR count). The van der Waals surface area contributed by atoms with Gasteiger partial charge in [-0.25, -0.2) is 0 Å². The van der Waals surface area contributed by atoms with Gasteiger partial charge in [0.05, 0.1) is 24.0 Å². The summed E-state index contributed by atoms with van der Waals surface area (Å²) in [6, 6.07) is 2.42. The second kappa shape index (κ2) is 5.65. The zero-order chi connectivity index (χ0) is 12.3. The van der Waals surface area contributed by atoms with Crippen LogP contribution in [0.25, 0.3) is 0 Å². The molecule has 1 aromatic heterocycles. The Morgan fingerprint density at radius 2 is 2.35 bits per heavy atom. The number of hydrogen-bond donors (Lipinski definition) is 2. The van der Waals surface area contributed by atoms with Crippen molar-refractivity contribution in [2.75, 3.05) is 6.54 Å². The van der Waals surface area contributed by atoms with Crippen molar-refractivity contribution in [1.29, 1.82) is 0 Å². The van der Waals surface area contributed by atoms with E-state index in [-0.39, 0.29) is 6.61 Å². The van der Waals surface area contributed by atoms with Crippen molar-refractivity contribution in [1.82, 2.24) is 15.1 Å². The molecular weight excluding hydrogens is 214 g/mol. The highest BCUT2D eigenvalue weighted by molar-refractivity contribution is 5.14. The molecule has 2 heterocycles. The zero-order valence-electron chi connectivity index (χ0n) is 10.8. The molecule has 96 valence electrons. The Bertz CT molecular complexity index is 354. The Balaban J connectivity index is 2.14. The molecule has 2 N–H and O–H groups in total. The van der Waals surface area contributed by atoms with E-state index in [0.29, 0.717) is 12.0 Å². The summed E-state index contributed by atoms with van der Waals surface area (Å²) in [5.41, 5.74) is 2.02. The van der Waals surface area contributed by atoms with Gasteiger partial charge in [0.15, 0.2) is 0 Å². The number of hydrogen-bond acceptors (Lipinski definition) is 3. The van der Waals surface area contributed by atoms with Gasteiger partial charge in [0.25, 0.3) is 0 Å². The molecule has 1 unspecified atom stereocenters. The maximum atomic E-state index is 9.36. The molecule has 0 aromatic carbocycles. The smallest absolute Gasteiger partial charge is 0.0849 e. The minimum Gasteiger partial charge on any atom is -0.390 e. The molecule has 1 fully saturated rings. The first-order chi connectivity index (χ1) is 8.20. The lowest BCUT2D eigenvalue weighted by atomic mass is 10.0. The van der Waals surface area contributed by atoms with Gasteiger partial charge in [-0.2, -0.15) is 5.10 Å². The van der Waals surface area contributed by atoms with Crippen LogP contribution in [0.2, 0.25) is 0 Å². The van der Waals surface area contributed by atoms with Crippen LogP contribution in [0.5, 0.6) is 0 Å². The summed E-state index contributed by atoms with van der Waals surface area (Å²) in [5.74, 6) is 0.548. The van der Waals surface area contributed by atoms with E-state index in [9.17, 15) is 5.11 Å². The molecule has 1 aliphatic rings. The highest BCUT2D eigenvalue weighted by atomic mass is 16.3. The van der Waals surface area contributed by atoms with Crippen LogP contribution in [-0.2, 0) is 13.2 Å². The third-order valence-corrected chi connectivity index (χ3v) is 3.25. The van der Waals surface area contributed by atoms with Crippen molar-refractivity contribution >= 4 is 0 Å². The molecule has 0 saturated carbocycles. The molecule has 1 atom stereocenters. The number of nitrogens with zero attached hydrogens (tertiary/aromatic N) is 2. The third-order valence-electron chi connectivity index (χ3n) is 3.25. The molecule has 0 amide bonds. The molecule has 0 radical (unpaired) electrons. The van der Waals surface area contributed by atoms with Gasteiger partial charge in [0, 0.05) is 6.54 Å². The molecule has 1 saturated heterocycles. The van der Waals surface area contributed by atoms with Gasteiger partial charge in [-0.15, -0.1) is 0 Å². The van der Waals surface area contributed by atoms with E-state index in [1.165, 1.54) is 12.8 Å². The summed E-state index contributed by atoms with van der Waals surface area (Å²) in [4.78, 5) is 0. The number of rotatable bonds is 4. The van der Waals surface area contributed by atoms with Crippen molar-refractivity contribution in [2.45, 2.75) is 52.3 Å². The van der Waals surface area contributed by atoms with E-state index >= 15 is 0 Å². The quantitative estimate of drug-likeness (QED) is 0.840. The normalized spacial score (nSPS) is 21.1.